The van der Waals surface area contributed by atoms with Crippen LogP contribution in [0.3, 0.4) is 0 Å². The van der Waals surface area contributed by atoms with Crippen LogP contribution in [0.4, 0.5) is 0 Å². The number of hydrogen-bond donors (Lipinski definition) is 1. The van der Waals surface area contributed by atoms with Crippen LogP contribution in [0.1, 0.15) is 73.1 Å². The van der Waals surface area contributed by atoms with E-state index in [9.17, 15) is 14.7 Å². The summed E-state index contributed by atoms with van der Waals surface area (Å²) in [6.45, 7) is 14.3. The van der Waals surface area contributed by atoms with Crippen molar-refractivity contribution in [3.05, 3.63) is 12.7 Å². The third-order valence-corrected chi connectivity index (χ3v) is 8.86. The number of aliphatic hydroxyl groups is 1. The van der Waals surface area contributed by atoms with Gasteiger partial charge in [0.1, 0.15) is 11.9 Å². The Morgan fingerprint density at radius 3 is 2.59 bits per heavy atom. The van der Waals surface area contributed by atoms with Gasteiger partial charge < -0.3 is 9.84 Å². The second-order valence-corrected chi connectivity index (χ2v) is 9.92. The lowest BCUT2D eigenvalue weighted by Crippen LogP contribution is -2.63. The van der Waals surface area contributed by atoms with Crippen LogP contribution in [0.5, 0.6) is 0 Å². The van der Waals surface area contributed by atoms with E-state index in [0.29, 0.717) is 25.0 Å². The predicted molar refractivity (Wildman–Crippen MR) is 105 cm³/mol. The standard InChI is InChI=1S/C23H36O4/c1-7-18(25)27-17-13-21(5,8-2)20(26)15(4)23-11-9-14(3)22(17,6)19(23)16(24)10-12-23/h8,14-15,17,19-20,26H,2,7,9-13H2,1,3-6H3/t14?,15?,17-,19?,20?,21-,22?,23?/m1/s1. The molecule has 0 amide bonds. The van der Waals surface area contributed by atoms with Gasteiger partial charge in [0.15, 0.2) is 0 Å². The summed E-state index contributed by atoms with van der Waals surface area (Å²) in [7, 11) is 0. The van der Waals surface area contributed by atoms with Gasteiger partial charge in [-0.25, -0.2) is 0 Å². The molecule has 0 radical (unpaired) electrons. The van der Waals surface area contributed by atoms with Gasteiger partial charge in [-0.2, -0.15) is 0 Å². The Balaban J connectivity index is 2.21. The molecule has 4 heteroatoms. The number of carbonyl (C=O) groups excluding carboxylic acids is 2. The number of hydrogen-bond acceptors (Lipinski definition) is 4. The maximum atomic E-state index is 13.2. The number of ketones is 1. The van der Waals surface area contributed by atoms with E-state index in [0.717, 1.165) is 19.3 Å². The average molecular weight is 377 g/mol. The topological polar surface area (TPSA) is 63.6 Å². The Labute approximate surface area is 163 Å². The van der Waals surface area contributed by atoms with Crippen molar-refractivity contribution >= 4 is 11.8 Å². The van der Waals surface area contributed by atoms with Gasteiger partial charge in [0.05, 0.1) is 6.10 Å². The molecule has 0 aliphatic heterocycles. The Morgan fingerprint density at radius 2 is 2.00 bits per heavy atom. The van der Waals surface area contributed by atoms with Gasteiger partial charge in [-0.3, -0.25) is 9.59 Å². The van der Waals surface area contributed by atoms with E-state index < -0.39 is 23.0 Å². The molecule has 0 saturated heterocycles. The zero-order chi connectivity index (χ0) is 20.2. The minimum absolute atomic E-state index is 0.00611. The SMILES string of the molecule is C=C[C@]1(C)C[C@@H](OC(=O)CC)C2(C)C(C)CCC3(CCC(=O)C32)C(C)C1O. The van der Waals surface area contributed by atoms with Gasteiger partial charge in [-0.15, -0.1) is 6.58 Å². The molecule has 152 valence electrons. The third kappa shape index (κ3) is 2.73. The van der Waals surface area contributed by atoms with Crippen LogP contribution < -0.4 is 0 Å². The lowest BCUT2D eigenvalue weighted by Gasteiger charge is -2.61. The highest BCUT2D eigenvalue weighted by Gasteiger charge is 2.68. The van der Waals surface area contributed by atoms with E-state index in [1.54, 1.807) is 6.92 Å². The van der Waals surface area contributed by atoms with Crippen LogP contribution in [0.15, 0.2) is 12.7 Å². The van der Waals surface area contributed by atoms with Crippen molar-refractivity contribution in [1.82, 2.24) is 0 Å². The largest absolute Gasteiger partial charge is 0.462 e. The van der Waals surface area contributed by atoms with Crippen LogP contribution in [0, 0.1) is 34.0 Å². The predicted octanol–water partition coefficient (Wildman–Crippen LogP) is 4.30. The van der Waals surface area contributed by atoms with Crippen LogP contribution >= 0.6 is 0 Å². The minimum Gasteiger partial charge on any atom is -0.462 e. The van der Waals surface area contributed by atoms with Crippen molar-refractivity contribution in [3.8, 4) is 0 Å². The fourth-order valence-corrected chi connectivity index (χ4v) is 6.74. The van der Waals surface area contributed by atoms with Crippen molar-refractivity contribution in [3.63, 3.8) is 0 Å². The van der Waals surface area contributed by atoms with Crippen LogP contribution in [-0.4, -0.2) is 29.1 Å². The first-order chi connectivity index (χ1) is 12.6. The second kappa shape index (κ2) is 6.72. The Morgan fingerprint density at radius 1 is 1.33 bits per heavy atom. The summed E-state index contributed by atoms with van der Waals surface area (Å²) >= 11 is 0. The van der Waals surface area contributed by atoms with E-state index in [-0.39, 0.29) is 29.1 Å². The molecule has 2 bridgehead atoms. The molecular formula is C23H36O4. The van der Waals surface area contributed by atoms with Gasteiger partial charge in [0.2, 0.25) is 0 Å². The Kier molecular flexibility index (Phi) is 5.12. The Hall–Kier alpha value is -1.16. The van der Waals surface area contributed by atoms with Crippen LogP contribution in [0.2, 0.25) is 0 Å². The van der Waals surface area contributed by atoms with Gasteiger partial charge in [0, 0.05) is 29.6 Å². The van der Waals surface area contributed by atoms with Crippen molar-refractivity contribution in [2.24, 2.45) is 34.0 Å². The number of Topliss-reactive ketones (excluding diaryl/α,β-unsaturated/α-hetero) is 1. The molecule has 3 aliphatic carbocycles. The zero-order valence-electron chi connectivity index (χ0n) is 17.6. The molecule has 3 aliphatic rings. The normalized spacial score (nSPS) is 49.7. The summed E-state index contributed by atoms with van der Waals surface area (Å²) in [5, 5.41) is 11.4. The highest BCUT2D eigenvalue weighted by Crippen LogP contribution is 2.67. The quantitative estimate of drug-likeness (QED) is 0.589. The van der Waals surface area contributed by atoms with Crippen molar-refractivity contribution < 1.29 is 19.4 Å². The van der Waals surface area contributed by atoms with Gasteiger partial charge in [0.25, 0.3) is 0 Å². The summed E-state index contributed by atoms with van der Waals surface area (Å²) in [5.74, 6) is 0.199. The lowest BCUT2D eigenvalue weighted by molar-refractivity contribution is -0.206. The van der Waals surface area contributed by atoms with Gasteiger partial charge >= 0.3 is 5.97 Å². The fraction of sp³-hybridized carbons (Fsp3) is 0.826. The fourth-order valence-electron chi connectivity index (χ4n) is 6.74. The number of rotatable bonds is 3. The number of esters is 1. The summed E-state index contributed by atoms with van der Waals surface area (Å²) < 4.78 is 6.02. The molecule has 3 fully saturated rings. The van der Waals surface area contributed by atoms with E-state index in [4.69, 9.17) is 4.74 Å². The summed E-state index contributed by atoms with van der Waals surface area (Å²) in [6.07, 6.45) is 5.02. The summed E-state index contributed by atoms with van der Waals surface area (Å²) in [4.78, 5) is 25.5. The number of aliphatic hydroxyl groups excluding tert-OH is 1. The molecule has 27 heavy (non-hydrogen) atoms. The molecule has 0 aromatic carbocycles. The van der Waals surface area contributed by atoms with Crippen LogP contribution in [-0.2, 0) is 14.3 Å². The first kappa shape index (κ1) is 20.6. The van der Waals surface area contributed by atoms with E-state index in [1.807, 2.05) is 13.0 Å². The molecule has 1 N–H and O–H groups in total. The minimum atomic E-state index is -0.607. The lowest BCUT2D eigenvalue weighted by atomic mass is 9.44. The molecule has 6 unspecified atom stereocenters. The first-order valence-electron chi connectivity index (χ1n) is 10.6. The highest BCUT2D eigenvalue weighted by molar-refractivity contribution is 5.85. The van der Waals surface area contributed by atoms with E-state index in [2.05, 4.69) is 27.4 Å². The monoisotopic (exact) mass is 376 g/mol. The molecule has 8 atom stereocenters. The molecule has 0 heterocycles. The van der Waals surface area contributed by atoms with Crippen molar-refractivity contribution in [2.45, 2.75) is 85.4 Å². The maximum absolute atomic E-state index is 13.2. The maximum Gasteiger partial charge on any atom is 0.305 e. The molecule has 0 aromatic heterocycles. The first-order valence-corrected chi connectivity index (χ1v) is 10.6. The van der Waals surface area contributed by atoms with Crippen molar-refractivity contribution in [2.75, 3.05) is 0 Å². The summed E-state index contributed by atoms with van der Waals surface area (Å²) in [5.41, 5.74) is -1.17. The second-order valence-electron chi connectivity index (χ2n) is 9.92. The van der Waals surface area contributed by atoms with Crippen LogP contribution in [0.25, 0.3) is 0 Å². The smallest absolute Gasteiger partial charge is 0.305 e. The molecule has 3 rings (SSSR count). The molecule has 4 nitrogen and oxygen atoms in total. The number of carbonyl (C=O) groups is 2. The molecule has 3 saturated carbocycles. The highest BCUT2D eigenvalue weighted by atomic mass is 16.5. The number of ether oxygens (including phenoxy) is 1. The van der Waals surface area contributed by atoms with Gasteiger partial charge in [-0.05, 0) is 42.9 Å². The van der Waals surface area contributed by atoms with Crippen molar-refractivity contribution in [1.29, 1.82) is 0 Å². The zero-order valence-corrected chi connectivity index (χ0v) is 17.6. The molecular weight excluding hydrogens is 340 g/mol. The molecule has 0 spiro atoms. The third-order valence-electron chi connectivity index (χ3n) is 8.86. The van der Waals surface area contributed by atoms with E-state index >= 15 is 0 Å². The average Bonchev–Trinajstić information content (AvgIpc) is 3.00. The molecule has 0 aromatic rings. The van der Waals surface area contributed by atoms with Gasteiger partial charge in [-0.1, -0.05) is 40.7 Å². The summed E-state index contributed by atoms with van der Waals surface area (Å²) in [6, 6.07) is 0. The Bertz CT molecular complexity index is 642. The van der Waals surface area contributed by atoms with E-state index in [1.165, 1.54) is 0 Å².